The molecule has 25 heteroatoms. The SMILES string of the molecule is CO[C@H]1/C=C/O[C@@]2(C)Oc3c(C)c(O)c4c(O)c(c(/C=N/N5CCN(C)CC5)c(O)c4c3C2=O)NC(=O)/C(C)=C\C=C\[C@H](C)[C@H](O)[C@@H](C)[C@@H](O)[C@@H](C)[C@H](OC(C)=O)[C@@H]1C.N/C(COc1ccc([N+](=O)[O-])cc1)=N/NC(=O)c1ccncc1. The predicted octanol–water partition coefficient (Wildman–Crippen LogP) is 5.41. The van der Waals surface area contributed by atoms with Crippen LogP contribution in [0.5, 0.6) is 28.7 Å². The number of rotatable bonds is 10. The number of fused-ring (bicyclic) bond motifs is 14. The molecule has 4 aliphatic rings. The predicted molar refractivity (Wildman–Crippen MR) is 302 cm³/mol. The number of aliphatic hydroxyl groups is 2. The number of ether oxygens (including phenoxy) is 5. The molecule has 8 rings (SSSR count). The number of anilines is 1. The first kappa shape index (κ1) is 62.5. The van der Waals surface area contributed by atoms with Gasteiger partial charge in [0.15, 0.2) is 11.6 Å². The number of amidine groups is 1. The van der Waals surface area contributed by atoms with Gasteiger partial charge in [0.25, 0.3) is 23.3 Å². The molecule has 5 bridgehead atoms. The van der Waals surface area contributed by atoms with Gasteiger partial charge in [-0.3, -0.25) is 39.3 Å². The van der Waals surface area contributed by atoms with E-state index >= 15 is 0 Å². The number of piperazine rings is 1. The molecule has 25 nitrogen and oxygen atoms in total. The van der Waals surface area contributed by atoms with Crippen LogP contribution in [0.2, 0.25) is 0 Å². The van der Waals surface area contributed by atoms with E-state index in [0.717, 1.165) is 13.1 Å². The number of nitrogens with zero attached hydrogens (tertiary/aromatic N) is 6. The standard InChI is InChI=1S/C43H58N4O12.C14H13N5O4/c1-21-12-11-13-22(2)42(55)45-33-28(20-44-47-17-15-46(9)16-18-47)37(52)30-31(38(33)53)36(51)26(6)40-32(30)41(54)43(8,59-40)57-19-14-29(56-10)23(3)39(58-27(7)48)25(5)35(50)24(4)34(21)49;15-13(17-18-14(20)10-5-7-16-8-6-10)9-23-12-3-1-11(2-4-12)19(21)22/h11-14,19-21,23-25,29,34-35,39,49-53H,15-18H2,1-10H3,(H,45,55);1-8H,9H2,(H2,15,17)(H,18,20)/b12-11+,19-14+,22-13-,44-20+;/t21-,23+,24+,25+,29-,34-,35+,39+,43-;/m0./s1. The fourth-order valence-electron chi connectivity index (χ4n) is 9.47. The van der Waals surface area contributed by atoms with Crippen LogP contribution in [-0.2, 0) is 23.8 Å². The number of aliphatic hydroxyl groups excluding tert-OH is 2. The fourth-order valence-corrected chi connectivity index (χ4v) is 9.47. The van der Waals surface area contributed by atoms with E-state index in [-0.39, 0.29) is 62.6 Å². The third-order valence-electron chi connectivity index (χ3n) is 14.5. The van der Waals surface area contributed by atoms with E-state index in [9.17, 15) is 54.8 Å². The zero-order chi connectivity index (χ0) is 60.3. The highest BCUT2D eigenvalue weighted by Gasteiger charge is 2.50. The van der Waals surface area contributed by atoms with Crippen LogP contribution in [0.3, 0.4) is 0 Å². The maximum Gasteiger partial charge on any atom is 0.312 e. The molecular weight excluding hydrogens is 1070 g/mol. The van der Waals surface area contributed by atoms with Crippen molar-refractivity contribution in [1.82, 2.24) is 20.3 Å². The molecule has 82 heavy (non-hydrogen) atoms. The van der Waals surface area contributed by atoms with Crippen LogP contribution in [0.25, 0.3) is 10.8 Å². The number of nitrogens with two attached hydrogens (primary N) is 1. The average molecular weight is 1140 g/mol. The summed E-state index contributed by atoms with van der Waals surface area (Å²) in [5.41, 5.74) is 7.91. The van der Waals surface area contributed by atoms with Gasteiger partial charge in [0, 0.05) is 117 Å². The Bertz CT molecular complexity index is 3160. The molecule has 0 spiro atoms. The normalized spacial score (nSPS) is 26.1. The maximum absolute atomic E-state index is 14.4. The molecule has 3 aromatic carbocycles. The van der Waals surface area contributed by atoms with E-state index in [0.29, 0.717) is 24.4 Å². The molecular formula is C57H71N9O16. The summed E-state index contributed by atoms with van der Waals surface area (Å²) in [5, 5.41) is 81.1. The number of phenolic OH excluding ortho intramolecular Hbond substituents is 3. The van der Waals surface area contributed by atoms with Crippen LogP contribution >= 0.6 is 0 Å². The number of aromatic nitrogens is 1. The van der Waals surface area contributed by atoms with Crippen LogP contribution in [-0.4, -0.2) is 158 Å². The Morgan fingerprint density at radius 3 is 2.23 bits per heavy atom. The largest absolute Gasteiger partial charge is 0.507 e. The summed E-state index contributed by atoms with van der Waals surface area (Å²) in [7, 11) is 3.42. The molecule has 4 aromatic rings. The third kappa shape index (κ3) is 14.4. The van der Waals surface area contributed by atoms with E-state index in [1.807, 2.05) is 7.05 Å². The molecule has 5 heterocycles. The van der Waals surface area contributed by atoms with E-state index < -0.39 is 99.6 Å². The van der Waals surface area contributed by atoms with Gasteiger partial charge >= 0.3 is 11.8 Å². The number of hydrogen-bond donors (Lipinski definition) is 8. The number of hydrogen-bond acceptors (Lipinski definition) is 21. The number of nitrogens with one attached hydrogen (secondary N) is 2. The molecule has 9 atom stereocenters. The number of amides is 2. The Hall–Kier alpha value is -8.65. The number of non-ortho nitro benzene ring substituents is 1. The lowest BCUT2D eigenvalue weighted by atomic mass is 9.78. The Balaban J connectivity index is 0.000000391. The van der Waals surface area contributed by atoms with Gasteiger partial charge < -0.3 is 65.2 Å². The van der Waals surface area contributed by atoms with Crippen LogP contribution in [0.4, 0.5) is 11.4 Å². The number of aromatic hydroxyl groups is 3. The van der Waals surface area contributed by atoms with Gasteiger partial charge in [-0.15, -0.1) is 0 Å². The first-order valence-corrected chi connectivity index (χ1v) is 26.2. The second kappa shape index (κ2) is 27.2. The van der Waals surface area contributed by atoms with Gasteiger partial charge in [0.1, 0.15) is 35.7 Å². The number of methoxy groups -OCH3 is 1. The van der Waals surface area contributed by atoms with E-state index in [1.54, 1.807) is 44.9 Å². The highest BCUT2D eigenvalue weighted by molar-refractivity contribution is 6.24. The first-order chi connectivity index (χ1) is 38.8. The van der Waals surface area contributed by atoms with Gasteiger partial charge in [-0.05, 0) is 51.2 Å². The third-order valence-corrected chi connectivity index (χ3v) is 14.5. The monoisotopic (exact) mass is 1140 g/mol. The minimum atomic E-state index is -2.04. The fraction of sp³-hybridized carbons (Fsp3) is 0.421. The van der Waals surface area contributed by atoms with Gasteiger partial charge in [-0.2, -0.15) is 10.2 Å². The van der Waals surface area contributed by atoms with Crippen molar-refractivity contribution >= 4 is 57.8 Å². The summed E-state index contributed by atoms with van der Waals surface area (Å²) < 4.78 is 28.9. The molecule has 0 unspecified atom stereocenters. The highest BCUT2D eigenvalue weighted by Crippen LogP contribution is 2.55. The second-order valence-electron chi connectivity index (χ2n) is 20.4. The van der Waals surface area contributed by atoms with Crippen LogP contribution in [0.1, 0.15) is 80.3 Å². The zero-order valence-electron chi connectivity index (χ0n) is 47.2. The van der Waals surface area contributed by atoms with Crippen molar-refractivity contribution < 1.29 is 73.3 Å². The lowest BCUT2D eigenvalue weighted by Gasteiger charge is -2.38. The minimum absolute atomic E-state index is 0.0383. The number of esters is 1. The highest BCUT2D eigenvalue weighted by atomic mass is 16.7. The molecule has 0 saturated carbocycles. The summed E-state index contributed by atoms with van der Waals surface area (Å²) in [5.74, 6) is -8.32. The first-order valence-electron chi connectivity index (χ1n) is 26.2. The van der Waals surface area contributed by atoms with Gasteiger partial charge in [-0.1, -0.05) is 45.9 Å². The van der Waals surface area contributed by atoms with Gasteiger partial charge in [0.05, 0.1) is 57.9 Å². The molecule has 440 valence electrons. The number of benzene rings is 3. The number of nitro groups is 1. The Labute approximate surface area is 473 Å². The van der Waals surface area contributed by atoms with Gasteiger partial charge in [-0.25, -0.2) is 5.43 Å². The van der Waals surface area contributed by atoms with E-state index in [2.05, 4.69) is 30.8 Å². The molecule has 0 radical (unpaired) electrons. The van der Waals surface area contributed by atoms with Crippen LogP contribution in [0.15, 0.2) is 95.1 Å². The molecule has 2 amide bonds. The Morgan fingerprint density at radius 2 is 1.61 bits per heavy atom. The molecule has 4 aliphatic heterocycles. The average Bonchev–Trinajstić information content (AvgIpc) is 3.98. The van der Waals surface area contributed by atoms with Crippen molar-refractivity contribution in [2.45, 2.75) is 85.6 Å². The molecule has 1 aromatic heterocycles. The number of pyridine rings is 1. The molecule has 1 fully saturated rings. The summed E-state index contributed by atoms with van der Waals surface area (Å²) in [6, 6.07) is 8.59. The van der Waals surface area contributed by atoms with E-state index in [4.69, 9.17) is 29.4 Å². The van der Waals surface area contributed by atoms with Crippen molar-refractivity contribution in [2.75, 3.05) is 52.3 Å². The van der Waals surface area contributed by atoms with Crippen molar-refractivity contribution in [1.29, 1.82) is 0 Å². The zero-order valence-corrected chi connectivity index (χ0v) is 47.2. The number of carbonyl (C=O) groups excluding carboxylic acids is 4. The number of Topliss-reactive ketones (excluding diaryl/α,β-unsaturated/α-hetero) is 1. The lowest BCUT2D eigenvalue weighted by Crippen LogP contribution is -2.46. The lowest BCUT2D eigenvalue weighted by molar-refractivity contribution is -0.384. The number of phenols is 3. The molecule has 1 saturated heterocycles. The second-order valence-corrected chi connectivity index (χ2v) is 20.4. The van der Waals surface area contributed by atoms with Crippen molar-refractivity contribution in [2.24, 2.45) is 39.6 Å². The van der Waals surface area contributed by atoms with Crippen molar-refractivity contribution in [3.8, 4) is 28.7 Å². The van der Waals surface area contributed by atoms with Gasteiger partial charge in [0.2, 0.25) is 0 Å². The topological polar surface area (TPSA) is 353 Å². The van der Waals surface area contributed by atoms with Crippen molar-refractivity contribution in [3.63, 3.8) is 0 Å². The number of nitro benzene ring substituents is 1. The summed E-state index contributed by atoms with van der Waals surface area (Å²) >= 11 is 0. The minimum Gasteiger partial charge on any atom is -0.507 e. The van der Waals surface area contributed by atoms with Crippen LogP contribution < -0.4 is 25.9 Å². The summed E-state index contributed by atoms with van der Waals surface area (Å²) in [6.45, 7) is 15.0. The molecule has 9 N–H and O–H groups in total. The number of carbonyl (C=O) groups is 4. The summed E-state index contributed by atoms with van der Waals surface area (Å²) in [4.78, 5) is 68.2. The number of likely N-dealkylation sites (N-methyl/N-ethyl adjacent to an activating group) is 1. The quantitative estimate of drug-likeness (QED) is 0.0187. The number of ketones is 1. The Kier molecular flexibility index (Phi) is 20.8. The van der Waals surface area contributed by atoms with E-state index in [1.165, 1.54) is 108 Å². The smallest absolute Gasteiger partial charge is 0.312 e. The number of hydrazone groups is 2. The van der Waals surface area contributed by atoms with Crippen LogP contribution in [0, 0.1) is 40.7 Å². The summed E-state index contributed by atoms with van der Waals surface area (Å²) in [6.07, 6.45) is 7.83. The Morgan fingerprint density at radius 1 is 0.951 bits per heavy atom. The maximum atomic E-state index is 14.4. The molecule has 0 aliphatic carbocycles. The van der Waals surface area contributed by atoms with Crippen molar-refractivity contribution in [3.05, 3.63) is 117 Å². The number of allylic oxidation sites excluding steroid dienone is 2.